The first-order valence-corrected chi connectivity index (χ1v) is 13.1. The van der Waals surface area contributed by atoms with Crippen molar-refractivity contribution in [3.63, 3.8) is 0 Å². The topological polar surface area (TPSA) is 81.0 Å². The molecule has 1 aromatic heterocycles. The Morgan fingerprint density at radius 1 is 1.39 bits per heavy atom. The van der Waals surface area contributed by atoms with Crippen molar-refractivity contribution in [1.29, 1.82) is 0 Å². The number of rotatable bonds is 6. The van der Waals surface area contributed by atoms with Crippen LogP contribution in [0.15, 0.2) is 23.2 Å². The van der Waals surface area contributed by atoms with Crippen molar-refractivity contribution in [3.8, 4) is 5.75 Å². The molecule has 2 aromatic rings. The van der Waals surface area contributed by atoms with Gasteiger partial charge in [-0.3, -0.25) is 4.79 Å². The molecule has 0 bridgehead atoms. The second-order valence-corrected chi connectivity index (χ2v) is 10.6. The number of benzene rings is 1. The van der Waals surface area contributed by atoms with Crippen LogP contribution in [0.2, 0.25) is 0 Å². The number of amides is 1. The number of thiazole rings is 1. The SMILES string of the molecule is COc1ccc2c(c1)sc(=NC(=O)C1CCCCN1S(C)(=O)=O)n2CCSC. The van der Waals surface area contributed by atoms with Crippen molar-refractivity contribution in [2.75, 3.05) is 31.9 Å². The van der Waals surface area contributed by atoms with Gasteiger partial charge in [-0.25, -0.2) is 8.42 Å². The lowest BCUT2D eigenvalue weighted by Crippen LogP contribution is -2.47. The average Bonchev–Trinajstić information content (AvgIpc) is 3.01. The molecule has 1 aliphatic heterocycles. The molecule has 2 heterocycles. The summed E-state index contributed by atoms with van der Waals surface area (Å²) in [5.41, 5.74) is 0.995. The monoisotopic (exact) mass is 443 g/mol. The number of sulfonamides is 1. The number of hydrogen-bond donors (Lipinski definition) is 0. The van der Waals surface area contributed by atoms with E-state index in [2.05, 4.69) is 4.99 Å². The van der Waals surface area contributed by atoms with Crippen LogP contribution in [0.4, 0.5) is 0 Å². The maximum atomic E-state index is 12.9. The first kappa shape index (κ1) is 21.4. The molecule has 1 aromatic carbocycles. The van der Waals surface area contributed by atoms with Gasteiger partial charge in [0.15, 0.2) is 4.80 Å². The zero-order chi connectivity index (χ0) is 20.3. The van der Waals surface area contributed by atoms with Crippen molar-refractivity contribution >= 4 is 49.2 Å². The summed E-state index contributed by atoms with van der Waals surface area (Å²) in [5.74, 6) is 1.25. The van der Waals surface area contributed by atoms with E-state index in [1.165, 1.54) is 15.6 Å². The second-order valence-electron chi connectivity index (χ2n) is 6.70. The minimum atomic E-state index is -3.44. The standard InChI is InChI=1S/C18H25N3O4S3/c1-25-13-7-8-14-16(12-13)27-18(20(14)10-11-26-2)19-17(22)15-6-4-5-9-21(15)28(3,23)24/h7-8,12,15H,4-6,9-11H2,1-3H3. The highest BCUT2D eigenvalue weighted by Crippen LogP contribution is 2.24. The van der Waals surface area contributed by atoms with E-state index in [-0.39, 0.29) is 5.91 Å². The molecule has 154 valence electrons. The highest BCUT2D eigenvalue weighted by molar-refractivity contribution is 7.98. The number of nitrogens with zero attached hydrogens (tertiary/aromatic N) is 3. The third-order valence-corrected chi connectivity index (χ3v) is 7.70. The number of ether oxygens (including phenoxy) is 1. The molecular weight excluding hydrogens is 418 g/mol. The van der Waals surface area contributed by atoms with Gasteiger partial charge >= 0.3 is 0 Å². The number of aromatic nitrogens is 1. The third-order valence-electron chi connectivity index (χ3n) is 4.78. The molecule has 7 nitrogen and oxygen atoms in total. The number of thioether (sulfide) groups is 1. The predicted octanol–water partition coefficient (Wildman–Crippen LogP) is 2.32. The van der Waals surface area contributed by atoms with Gasteiger partial charge in [0.2, 0.25) is 10.0 Å². The van der Waals surface area contributed by atoms with E-state index in [4.69, 9.17) is 4.74 Å². The van der Waals surface area contributed by atoms with E-state index >= 15 is 0 Å². The molecular formula is C18H25N3O4S3. The molecule has 1 aliphatic rings. The van der Waals surface area contributed by atoms with Crippen molar-refractivity contribution in [3.05, 3.63) is 23.0 Å². The van der Waals surface area contributed by atoms with E-state index in [1.54, 1.807) is 18.9 Å². The van der Waals surface area contributed by atoms with Gasteiger partial charge in [-0.1, -0.05) is 17.8 Å². The Kier molecular flexibility index (Phi) is 6.85. The summed E-state index contributed by atoms with van der Waals surface area (Å²) in [6, 6.07) is 5.08. The Hall–Kier alpha value is -1.36. The summed E-state index contributed by atoms with van der Waals surface area (Å²) in [6.45, 7) is 1.10. The summed E-state index contributed by atoms with van der Waals surface area (Å²) < 4.78 is 33.8. The number of carbonyl (C=O) groups excluding carboxylic acids is 1. The zero-order valence-electron chi connectivity index (χ0n) is 16.3. The Morgan fingerprint density at radius 2 is 2.18 bits per heavy atom. The number of carbonyl (C=O) groups is 1. The summed E-state index contributed by atoms with van der Waals surface area (Å²) >= 11 is 3.14. The van der Waals surface area contributed by atoms with E-state index in [0.717, 1.165) is 47.4 Å². The van der Waals surface area contributed by atoms with Crippen LogP contribution in [0.25, 0.3) is 10.2 Å². The molecule has 0 spiro atoms. The molecule has 1 amide bonds. The highest BCUT2D eigenvalue weighted by Gasteiger charge is 2.34. The van der Waals surface area contributed by atoms with Crippen molar-refractivity contribution in [1.82, 2.24) is 8.87 Å². The van der Waals surface area contributed by atoms with Crippen LogP contribution in [0.5, 0.6) is 5.75 Å². The number of piperidine rings is 1. The molecule has 0 radical (unpaired) electrons. The maximum Gasteiger partial charge on any atom is 0.266 e. The molecule has 0 saturated carbocycles. The van der Waals surface area contributed by atoms with Crippen LogP contribution in [0, 0.1) is 0 Å². The van der Waals surface area contributed by atoms with Gasteiger partial charge in [-0.15, -0.1) is 0 Å². The van der Waals surface area contributed by atoms with Crippen molar-refractivity contribution < 1.29 is 17.9 Å². The normalized spacial score (nSPS) is 19.2. The number of fused-ring (bicyclic) bond motifs is 1. The summed E-state index contributed by atoms with van der Waals surface area (Å²) in [4.78, 5) is 17.9. The largest absolute Gasteiger partial charge is 0.497 e. The van der Waals surface area contributed by atoms with Gasteiger partial charge in [-0.05, 0) is 37.3 Å². The maximum absolute atomic E-state index is 12.9. The molecule has 0 aliphatic carbocycles. The molecule has 10 heteroatoms. The summed E-state index contributed by atoms with van der Waals surface area (Å²) in [6.07, 6.45) is 5.30. The van der Waals surface area contributed by atoms with Gasteiger partial charge < -0.3 is 9.30 Å². The minimum Gasteiger partial charge on any atom is -0.497 e. The fourth-order valence-corrected chi connectivity index (χ4v) is 5.96. The first-order chi connectivity index (χ1) is 13.3. The lowest BCUT2D eigenvalue weighted by molar-refractivity contribution is -0.122. The molecule has 1 saturated heterocycles. The predicted molar refractivity (Wildman–Crippen MR) is 115 cm³/mol. The van der Waals surface area contributed by atoms with Crippen molar-refractivity contribution in [2.45, 2.75) is 31.8 Å². The molecule has 1 unspecified atom stereocenters. The van der Waals surface area contributed by atoms with E-state index in [9.17, 15) is 13.2 Å². The van der Waals surface area contributed by atoms with Gasteiger partial charge in [0.1, 0.15) is 11.8 Å². The van der Waals surface area contributed by atoms with Gasteiger partial charge in [0, 0.05) is 18.8 Å². The fraction of sp³-hybridized carbons (Fsp3) is 0.556. The molecule has 28 heavy (non-hydrogen) atoms. The zero-order valence-corrected chi connectivity index (χ0v) is 18.7. The van der Waals surface area contributed by atoms with Crippen LogP contribution in [0.3, 0.4) is 0 Å². The quantitative estimate of drug-likeness (QED) is 0.684. The van der Waals surface area contributed by atoms with Gasteiger partial charge in [0.05, 0.1) is 23.6 Å². The smallest absolute Gasteiger partial charge is 0.266 e. The highest BCUT2D eigenvalue weighted by atomic mass is 32.2. The summed E-state index contributed by atoms with van der Waals surface area (Å²) in [5, 5.41) is 0. The van der Waals surface area contributed by atoms with Crippen LogP contribution < -0.4 is 9.54 Å². The lowest BCUT2D eigenvalue weighted by Gasteiger charge is -2.31. The van der Waals surface area contributed by atoms with E-state index in [0.29, 0.717) is 17.8 Å². The number of aryl methyl sites for hydroxylation is 1. The first-order valence-electron chi connectivity index (χ1n) is 9.07. The summed E-state index contributed by atoms with van der Waals surface area (Å²) in [7, 11) is -1.82. The van der Waals surface area contributed by atoms with Crippen LogP contribution in [-0.2, 0) is 21.4 Å². The second kappa shape index (κ2) is 8.98. The lowest BCUT2D eigenvalue weighted by atomic mass is 10.0. The van der Waals surface area contributed by atoms with Gasteiger partial charge in [0.25, 0.3) is 5.91 Å². The molecule has 3 rings (SSSR count). The Balaban J connectivity index is 2.04. The van der Waals surface area contributed by atoms with Crippen molar-refractivity contribution in [2.24, 2.45) is 4.99 Å². The Bertz CT molecular complexity index is 1030. The number of methoxy groups -OCH3 is 1. The number of hydrogen-bond acceptors (Lipinski definition) is 6. The van der Waals surface area contributed by atoms with Crippen LogP contribution >= 0.6 is 23.1 Å². The van der Waals surface area contributed by atoms with E-state index < -0.39 is 16.1 Å². The van der Waals surface area contributed by atoms with Gasteiger partial charge in [-0.2, -0.15) is 21.1 Å². The average molecular weight is 444 g/mol. The Morgan fingerprint density at radius 3 is 2.86 bits per heavy atom. The molecule has 1 atom stereocenters. The third kappa shape index (κ3) is 4.61. The molecule has 1 fully saturated rings. The minimum absolute atomic E-state index is 0.376. The Labute approximate surface area is 173 Å². The van der Waals surface area contributed by atoms with E-state index in [1.807, 2.05) is 29.0 Å². The molecule has 0 N–H and O–H groups in total. The van der Waals surface area contributed by atoms with Crippen LogP contribution in [0.1, 0.15) is 19.3 Å². The van der Waals surface area contributed by atoms with Crippen LogP contribution in [-0.4, -0.2) is 61.2 Å². The fourth-order valence-electron chi connectivity index (χ4n) is 3.38.